The summed E-state index contributed by atoms with van der Waals surface area (Å²) in [5.74, 6) is -0.710. The van der Waals surface area contributed by atoms with Crippen molar-refractivity contribution in [3.8, 4) is 11.5 Å². The lowest BCUT2D eigenvalue weighted by molar-refractivity contribution is -0.174. The van der Waals surface area contributed by atoms with Gasteiger partial charge in [-0.1, -0.05) is 48.5 Å². The zero-order valence-electron chi connectivity index (χ0n) is 18.3. The lowest BCUT2D eigenvalue weighted by atomic mass is 9.89. The largest absolute Gasteiger partial charge is 0.471 e. The van der Waals surface area contributed by atoms with Crippen molar-refractivity contribution in [2.75, 3.05) is 16.8 Å². The summed E-state index contributed by atoms with van der Waals surface area (Å²) in [6, 6.07) is 21.9. The van der Waals surface area contributed by atoms with Gasteiger partial charge in [-0.2, -0.15) is 13.2 Å². The van der Waals surface area contributed by atoms with Crippen LogP contribution in [0.3, 0.4) is 0 Å². The summed E-state index contributed by atoms with van der Waals surface area (Å²) in [6.07, 6.45) is -3.85. The number of carbonyl (C=O) groups excluding carboxylic acids is 1. The van der Waals surface area contributed by atoms with E-state index < -0.39 is 24.2 Å². The van der Waals surface area contributed by atoms with Gasteiger partial charge in [-0.25, -0.2) is 0 Å². The Hall–Kier alpha value is -3.68. The molecular weight excluding hydrogens is 443 g/mol. The number of amides is 1. The van der Waals surface area contributed by atoms with E-state index in [1.54, 1.807) is 6.07 Å². The third-order valence-electron chi connectivity index (χ3n) is 6.27. The minimum atomic E-state index is -4.94. The maximum atomic E-state index is 13.1. The van der Waals surface area contributed by atoms with Crippen LogP contribution in [0.5, 0.6) is 11.5 Å². The standard InChI is InChI=1S/C26H24F3N3O2/c27-26(28,29)25(33)31-20-10-6-14-32-21-15-18(30-16-17-7-2-1-3-8-17)12-13-23(21)34-22-11-5-4-9-19(22)24(20)32/h1-5,7-9,11-13,15,20,24,30H,6,10,14,16H2,(H,31,33)/t20-,24-/m1/s1. The fourth-order valence-corrected chi connectivity index (χ4v) is 4.73. The highest BCUT2D eigenvalue weighted by Crippen LogP contribution is 2.48. The SMILES string of the molecule is O=C(N[C@@H]1CCCN2c3cc(NCc4ccccc4)ccc3Oc3ccccc3[C@H]12)C(F)(F)F. The summed E-state index contributed by atoms with van der Waals surface area (Å²) in [6.45, 7) is 1.27. The summed E-state index contributed by atoms with van der Waals surface area (Å²) in [7, 11) is 0. The van der Waals surface area contributed by atoms with E-state index in [1.807, 2.05) is 66.7 Å². The number of alkyl halides is 3. The first-order valence-electron chi connectivity index (χ1n) is 11.2. The molecule has 0 spiro atoms. The van der Waals surface area contributed by atoms with E-state index >= 15 is 0 Å². The molecule has 0 bridgehead atoms. The van der Waals surface area contributed by atoms with Gasteiger partial charge in [-0.3, -0.25) is 4.79 Å². The Labute approximate surface area is 195 Å². The third-order valence-corrected chi connectivity index (χ3v) is 6.27. The number of hydrogen-bond acceptors (Lipinski definition) is 4. The second kappa shape index (κ2) is 8.93. The van der Waals surface area contributed by atoms with Crippen molar-refractivity contribution >= 4 is 17.3 Å². The highest BCUT2D eigenvalue weighted by Gasteiger charge is 2.44. The van der Waals surface area contributed by atoms with E-state index in [-0.39, 0.29) is 0 Å². The minimum absolute atomic E-state index is 0.443. The molecule has 2 atom stereocenters. The fourth-order valence-electron chi connectivity index (χ4n) is 4.73. The average Bonchev–Trinajstić information content (AvgIpc) is 2.97. The van der Waals surface area contributed by atoms with Crippen molar-refractivity contribution in [1.29, 1.82) is 0 Å². The van der Waals surface area contributed by atoms with Gasteiger partial charge in [-0.15, -0.1) is 0 Å². The van der Waals surface area contributed by atoms with Crippen LogP contribution < -0.4 is 20.3 Å². The number of nitrogens with one attached hydrogen (secondary N) is 2. The van der Waals surface area contributed by atoms with Crippen LogP contribution in [0.1, 0.15) is 30.0 Å². The Bertz CT molecular complexity index is 1180. The van der Waals surface area contributed by atoms with Gasteiger partial charge in [0, 0.05) is 24.3 Å². The molecule has 2 aliphatic heterocycles. The van der Waals surface area contributed by atoms with Crippen molar-refractivity contribution in [2.24, 2.45) is 0 Å². The molecule has 1 fully saturated rings. The van der Waals surface area contributed by atoms with Gasteiger partial charge < -0.3 is 20.3 Å². The van der Waals surface area contributed by atoms with Gasteiger partial charge in [-0.05, 0) is 42.7 Å². The molecule has 2 N–H and O–H groups in total. The normalized spacial score (nSPS) is 19.1. The highest BCUT2D eigenvalue weighted by atomic mass is 19.4. The first-order chi connectivity index (χ1) is 16.4. The summed E-state index contributed by atoms with van der Waals surface area (Å²) >= 11 is 0. The van der Waals surface area contributed by atoms with Crippen LogP contribution in [-0.4, -0.2) is 24.7 Å². The van der Waals surface area contributed by atoms with Gasteiger partial charge in [0.25, 0.3) is 0 Å². The maximum Gasteiger partial charge on any atom is 0.471 e. The summed E-state index contributed by atoms with van der Waals surface area (Å²) in [5, 5.41) is 5.65. The molecule has 5 rings (SSSR count). The molecule has 0 aliphatic carbocycles. The van der Waals surface area contributed by atoms with Crippen LogP contribution in [-0.2, 0) is 11.3 Å². The van der Waals surface area contributed by atoms with E-state index in [1.165, 1.54) is 0 Å². The monoisotopic (exact) mass is 467 g/mol. The van der Waals surface area contributed by atoms with Crippen molar-refractivity contribution in [2.45, 2.75) is 37.6 Å². The number of halogens is 3. The smallest absolute Gasteiger partial charge is 0.455 e. The lowest BCUT2D eigenvalue weighted by Gasteiger charge is -2.42. The van der Waals surface area contributed by atoms with Crippen LogP contribution in [0.2, 0.25) is 0 Å². The molecule has 0 saturated carbocycles. The van der Waals surface area contributed by atoms with Gasteiger partial charge >= 0.3 is 12.1 Å². The average molecular weight is 467 g/mol. The number of rotatable bonds is 4. The van der Waals surface area contributed by atoms with E-state index in [0.717, 1.165) is 22.5 Å². The van der Waals surface area contributed by atoms with E-state index in [0.29, 0.717) is 37.4 Å². The number of nitrogens with zero attached hydrogens (tertiary/aromatic N) is 1. The molecule has 3 aromatic carbocycles. The van der Waals surface area contributed by atoms with Crippen molar-refractivity contribution in [3.63, 3.8) is 0 Å². The second-order valence-electron chi connectivity index (χ2n) is 8.52. The molecule has 2 heterocycles. The summed E-state index contributed by atoms with van der Waals surface area (Å²) < 4.78 is 45.4. The van der Waals surface area contributed by atoms with Crippen LogP contribution >= 0.6 is 0 Å². The Kier molecular flexibility index (Phi) is 5.81. The van der Waals surface area contributed by atoms with E-state index in [9.17, 15) is 18.0 Å². The first kappa shape index (κ1) is 22.1. The number of anilines is 2. The van der Waals surface area contributed by atoms with Gasteiger partial charge in [0.05, 0.1) is 17.8 Å². The number of piperidine rings is 1. The molecule has 0 radical (unpaired) electrons. The van der Waals surface area contributed by atoms with Crippen LogP contribution in [0.25, 0.3) is 0 Å². The topological polar surface area (TPSA) is 53.6 Å². The molecule has 1 saturated heterocycles. The molecule has 0 unspecified atom stereocenters. The summed E-state index contributed by atoms with van der Waals surface area (Å²) in [4.78, 5) is 13.9. The Morgan fingerprint density at radius 1 is 1.00 bits per heavy atom. The summed E-state index contributed by atoms with van der Waals surface area (Å²) in [5.41, 5.74) is 3.54. The van der Waals surface area contributed by atoms with E-state index in [2.05, 4.69) is 15.5 Å². The highest BCUT2D eigenvalue weighted by molar-refractivity contribution is 5.82. The van der Waals surface area contributed by atoms with Crippen molar-refractivity contribution in [1.82, 2.24) is 5.32 Å². The molecule has 2 aliphatic rings. The number of ether oxygens (including phenoxy) is 1. The van der Waals surface area contributed by atoms with Gasteiger partial charge in [0.15, 0.2) is 5.75 Å². The molecule has 1 amide bonds. The number of carbonyl (C=O) groups is 1. The molecule has 8 heteroatoms. The number of fused-ring (bicyclic) bond motifs is 5. The van der Waals surface area contributed by atoms with Crippen molar-refractivity contribution < 1.29 is 22.7 Å². The molecule has 3 aromatic rings. The van der Waals surface area contributed by atoms with Crippen LogP contribution in [0, 0.1) is 0 Å². The molecule has 34 heavy (non-hydrogen) atoms. The Balaban J connectivity index is 1.50. The van der Waals surface area contributed by atoms with Gasteiger partial charge in [0.1, 0.15) is 5.75 Å². The van der Waals surface area contributed by atoms with Crippen LogP contribution in [0.4, 0.5) is 24.5 Å². The Morgan fingerprint density at radius 3 is 2.56 bits per heavy atom. The lowest BCUT2D eigenvalue weighted by Crippen LogP contribution is -2.52. The third kappa shape index (κ3) is 4.40. The number of benzene rings is 3. The zero-order valence-corrected chi connectivity index (χ0v) is 18.3. The molecular formula is C26H24F3N3O2. The number of para-hydroxylation sites is 1. The predicted octanol–water partition coefficient (Wildman–Crippen LogP) is 5.79. The van der Waals surface area contributed by atoms with Gasteiger partial charge in [0.2, 0.25) is 0 Å². The minimum Gasteiger partial charge on any atom is -0.455 e. The zero-order chi connectivity index (χ0) is 23.7. The van der Waals surface area contributed by atoms with Crippen LogP contribution in [0.15, 0.2) is 72.8 Å². The second-order valence-corrected chi connectivity index (χ2v) is 8.52. The molecule has 5 nitrogen and oxygen atoms in total. The quantitative estimate of drug-likeness (QED) is 0.510. The predicted molar refractivity (Wildman–Crippen MR) is 124 cm³/mol. The molecule has 176 valence electrons. The van der Waals surface area contributed by atoms with E-state index in [4.69, 9.17) is 4.74 Å². The maximum absolute atomic E-state index is 13.1. The first-order valence-corrected chi connectivity index (χ1v) is 11.2. The molecule has 0 aromatic heterocycles. The van der Waals surface area contributed by atoms with Crippen molar-refractivity contribution in [3.05, 3.63) is 83.9 Å². The Morgan fingerprint density at radius 2 is 1.76 bits per heavy atom. The number of hydrogen-bond donors (Lipinski definition) is 2. The fraction of sp³-hybridized carbons (Fsp3) is 0.269.